The van der Waals surface area contributed by atoms with E-state index in [1.165, 1.54) is 0 Å². The van der Waals surface area contributed by atoms with Crippen LogP contribution in [0.4, 0.5) is 0 Å². The number of hydrogen-bond donors (Lipinski definition) is 0. The zero-order valence-electron chi connectivity index (χ0n) is 7.96. The fourth-order valence-corrected chi connectivity index (χ4v) is 2.08. The van der Waals surface area contributed by atoms with E-state index in [0.717, 1.165) is 21.3 Å². The van der Waals surface area contributed by atoms with Gasteiger partial charge in [0.15, 0.2) is 0 Å². The predicted molar refractivity (Wildman–Crippen MR) is 62.7 cm³/mol. The summed E-state index contributed by atoms with van der Waals surface area (Å²) in [6.07, 6.45) is 0. The molecule has 2 nitrogen and oxygen atoms in total. The second-order valence-electron chi connectivity index (χ2n) is 3.28. The van der Waals surface area contributed by atoms with Gasteiger partial charge in [0, 0.05) is 11.5 Å². The summed E-state index contributed by atoms with van der Waals surface area (Å²) < 4.78 is 3.08. The van der Waals surface area contributed by atoms with Crippen LogP contribution in [0.25, 0.3) is 11.0 Å². The lowest BCUT2D eigenvalue weighted by molar-refractivity contribution is 0.812. The fraction of sp³-hybridized carbons (Fsp3) is 0.300. The highest BCUT2D eigenvalue weighted by molar-refractivity contribution is 9.10. The lowest BCUT2D eigenvalue weighted by atomic mass is 10.3. The second-order valence-corrected chi connectivity index (χ2v) is 4.85. The highest BCUT2D eigenvalue weighted by atomic mass is 79.9. The molecule has 0 saturated carbocycles. The maximum absolute atomic E-state index is 6.02. The molecule has 0 saturated heterocycles. The van der Waals surface area contributed by atoms with Crippen molar-refractivity contribution in [2.75, 3.05) is 0 Å². The fourth-order valence-electron chi connectivity index (χ4n) is 1.54. The van der Waals surface area contributed by atoms with Gasteiger partial charge in [-0.25, -0.2) is 4.98 Å². The molecular formula is C10H10BrClN2. The first kappa shape index (κ1) is 9.99. The Morgan fingerprint density at radius 3 is 2.86 bits per heavy atom. The van der Waals surface area contributed by atoms with Crippen molar-refractivity contribution >= 4 is 38.6 Å². The monoisotopic (exact) mass is 272 g/mol. The summed E-state index contributed by atoms with van der Waals surface area (Å²) in [7, 11) is 1.98. The van der Waals surface area contributed by atoms with Crippen LogP contribution in [0.15, 0.2) is 22.7 Å². The SMILES string of the molecule is CC(Cl)c1nc2ccc(Br)cc2n1C. The van der Waals surface area contributed by atoms with Crippen LogP contribution in [0.2, 0.25) is 0 Å². The Morgan fingerprint density at radius 1 is 1.50 bits per heavy atom. The Labute approximate surface area is 96.0 Å². The Balaban J connectivity index is 2.74. The van der Waals surface area contributed by atoms with Crippen LogP contribution >= 0.6 is 27.5 Å². The number of fused-ring (bicyclic) bond motifs is 1. The van der Waals surface area contributed by atoms with E-state index in [9.17, 15) is 0 Å². The lowest BCUT2D eigenvalue weighted by Gasteiger charge is -2.02. The van der Waals surface area contributed by atoms with Crippen LogP contribution in [0, 0.1) is 0 Å². The van der Waals surface area contributed by atoms with Crippen LogP contribution in [-0.2, 0) is 7.05 Å². The van der Waals surface area contributed by atoms with Gasteiger partial charge in [0.2, 0.25) is 0 Å². The second kappa shape index (κ2) is 3.55. The van der Waals surface area contributed by atoms with Crippen LogP contribution in [0.5, 0.6) is 0 Å². The van der Waals surface area contributed by atoms with Crippen molar-refractivity contribution < 1.29 is 0 Å². The van der Waals surface area contributed by atoms with Gasteiger partial charge in [-0.15, -0.1) is 11.6 Å². The van der Waals surface area contributed by atoms with E-state index in [1.54, 1.807) is 0 Å². The average molecular weight is 274 g/mol. The van der Waals surface area contributed by atoms with Crippen molar-refractivity contribution in [2.45, 2.75) is 12.3 Å². The molecule has 0 spiro atoms. The smallest absolute Gasteiger partial charge is 0.127 e. The van der Waals surface area contributed by atoms with E-state index in [0.29, 0.717) is 0 Å². The van der Waals surface area contributed by atoms with E-state index in [-0.39, 0.29) is 5.38 Å². The first-order valence-corrected chi connectivity index (χ1v) is 5.58. The van der Waals surface area contributed by atoms with Crippen molar-refractivity contribution in [3.63, 3.8) is 0 Å². The third-order valence-corrected chi connectivity index (χ3v) is 2.92. The van der Waals surface area contributed by atoms with Crippen molar-refractivity contribution in [2.24, 2.45) is 7.05 Å². The summed E-state index contributed by atoms with van der Waals surface area (Å²) in [5, 5.41) is -0.0637. The molecule has 1 aromatic heterocycles. The van der Waals surface area contributed by atoms with Gasteiger partial charge in [-0.05, 0) is 25.1 Å². The number of nitrogens with zero attached hydrogens (tertiary/aromatic N) is 2. The molecule has 1 unspecified atom stereocenters. The van der Waals surface area contributed by atoms with Crippen LogP contribution in [-0.4, -0.2) is 9.55 Å². The molecule has 14 heavy (non-hydrogen) atoms. The Kier molecular flexibility index (Phi) is 2.54. The predicted octanol–water partition coefficient (Wildman–Crippen LogP) is 3.64. The van der Waals surface area contributed by atoms with Gasteiger partial charge < -0.3 is 4.57 Å². The Bertz CT molecular complexity index is 476. The topological polar surface area (TPSA) is 17.8 Å². The molecule has 2 aromatic rings. The molecule has 0 N–H and O–H groups in total. The number of hydrogen-bond acceptors (Lipinski definition) is 1. The van der Waals surface area contributed by atoms with E-state index >= 15 is 0 Å². The van der Waals surface area contributed by atoms with Crippen molar-refractivity contribution in [3.8, 4) is 0 Å². The molecule has 0 aliphatic carbocycles. The summed E-state index contributed by atoms with van der Waals surface area (Å²) in [6.45, 7) is 1.93. The summed E-state index contributed by atoms with van der Waals surface area (Å²) in [6, 6.07) is 6.02. The van der Waals surface area contributed by atoms with Crippen molar-refractivity contribution in [1.82, 2.24) is 9.55 Å². The summed E-state index contributed by atoms with van der Waals surface area (Å²) in [4.78, 5) is 4.46. The number of aryl methyl sites for hydroxylation is 1. The molecule has 0 aliphatic heterocycles. The zero-order valence-corrected chi connectivity index (χ0v) is 10.3. The van der Waals surface area contributed by atoms with Crippen molar-refractivity contribution in [3.05, 3.63) is 28.5 Å². The van der Waals surface area contributed by atoms with Gasteiger partial charge in [-0.3, -0.25) is 0 Å². The summed E-state index contributed by atoms with van der Waals surface area (Å²) >= 11 is 9.46. The minimum atomic E-state index is -0.0637. The number of halogens is 2. The number of rotatable bonds is 1. The number of imidazole rings is 1. The lowest BCUT2D eigenvalue weighted by Crippen LogP contribution is -1.97. The molecule has 1 aromatic carbocycles. The molecule has 0 amide bonds. The van der Waals surface area contributed by atoms with Crippen LogP contribution in [0.1, 0.15) is 18.1 Å². The molecule has 2 rings (SSSR count). The van der Waals surface area contributed by atoms with Gasteiger partial charge in [0.25, 0.3) is 0 Å². The molecule has 0 bridgehead atoms. The Morgan fingerprint density at radius 2 is 2.21 bits per heavy atom. The van der Waals surface area contributed by atoms with E-state index in [2.05, 4.69) is 20.9 Å². The normalized spacial score (nSPS) is 13.4. The quantitative estimate of drug-likeness (QED) is 0.726. The van der Waals surface area contributed by atoms with E-state index in [4.69, 9.17) is 11.6 Å². The maximum Gasteiger partial charge on any atom is 0.127 e. The minimum Gasteiger partial charge on any atom is -0.330 e. The molecule has 1 atom stereocenters. The van der Waals surface area contributed by atoms with E-state index < -0.39 is 0 Å². The Hall–Kier alpha value is -0.540. The summed E-state index contributed by atoms with van der Waals surface area (Å²) in [5.41, 5.74) is 2.08. The standard InChI is InChI=1S/C10H10BrClN2/c1-6(12)10-13-8-4-3-7(11)5-9(8)14(10)2/h3-6H,1-2H3. The van der Waals surface area contributed by atoms with Gasteiger partial charge in [0.05, 0.1) is 16.4 Å². The first-order valence-electron chi connectivity index (χ1n) is 4.35. The van der Waals surface area contributed by atoms with Crippen LogP contribution < -0.4 is 0 Å². The number of alkyl halides is 1. The highest BCUT2D eigenvalue weighted by Gasteiger charge is 2.11. The molecule has 0 fully saturated rings. The molecule has 0 radical (unpaired) electrons. The zero-order chi connectivity index (χ0) is 10.3. The molecular weight excluding hydrogens is 263 g/mol. The van der Waals surface area contributed by atoms with Gasteiger partial charge in [0.1, 0.15) is 5.82 Å². The van der Waals surface area contributed by atoms with Crippen molar-refractivity contribution in [1.29, 1.82) is 0 Å². The van der Waals surface area contributed by atoms with Gasteiger partial charge in [-0.1, -0.05) is 15.9 Å². The highest BCUT2D eigenvalue weighted by Crippen LogP contribution is 2.25. The van der Waals surface area contributed by atoms with Gasteiger partial charge >= 0.3 is 0 Å². The third kappa shape index (κ3) is 1.55. The molecule has 4 heteroatoms. The number of aromatic nitrogens is 2. The maximum atomic E-state index is 6.02. The molecule has 0 aliphatic rings. The first-order chi connectivity index (χ1) is 6.59. The summed E-state index contributed by atoms with van der Waals surface area (Å²) in [5.74, 6) is 0.903. The third-order valence-electron chi connectivity index (χ3n) is 2.23. The molecule has 74 valence electrons. The number of benzene rings is 1. The average Bonchev–Trinajstić information content (AvgIpc) is 2.44. The molecule has 1 heterocycles. The van der Waals surface area contributed by atoms with Crippen LogP contribution in [0.3, 0.4) is 0 Å². The van der Waals surface area contributed by atoms with E-state index in [1.807, 2.05) is 36.7 Å². The van der Waals surface area contributed by atoms with Gasteiger partial charge in [-0.2, -0.15) is 0 Å². The largest absolute Gasteiger partial charge is 0.330 e. The minimum absolute atomic E-state index is 0.0637.